The van der Waals surface area contributed by atoms with E-state index in [1.807, 2.05) is 0 Å². The minimum Gasteiger partial charge on any atom is -0.493 e. The van der Waals surface area contributed by atoms with Crippen molar-refractivity contribution in [2.75, 3.05) is 6.61 Å². The molecule has 0 saturated carbocycles. The van der Waals surface area contributed by atoms with Crippen LogP contribution in [0.5, 0.6) is 11.5 Å². The van der Waals surface area contributed by atoms with Gasteiger partial charge in [-0.1, -0.05) is 6.07 Å². The van der Waals surface area contributed by atoms with Gasteiger partial charge in [0.1, 0.15) is 11.5 Å². The molecule has 4 nitrogen and oxygen atoms in total. The summed E-state index contributed by atoms with van der Waals surface area (Å²) in [5, 5.41) is 8.53. The first-order chi connectivity index (χ1) is 8.83. The fourth-order valence-electron chi connectivity index (χ4n) is 1.34. The standard InChI is InChI=1S/C12H11F3O4/c1-2-18-9-4-3-5-10(19-12(13,14)15)8(9)6-7-11(16)17/h3-7H,2H2,1H3,(H,16,17)/b7-6+. The van der Waals surface area contributed by atoms with Gasteiger partial charge in [0.2, 0.25) is 0 Å². The highest BCUT2D eigenvalue weighted by molar-refractivity contribution is 5.86. The zero-order valence-electron chi connectivity index (χ0n) is 9.90. The van der Waals surface area contributed by atoms with Crippen molar-refractivity contribution in [3.05, 3.63) is 29.8 Å². The van der Waals surface area contributed by atoms with Crippen molar-refractivity contribution in [2.45, 2.75) is 13.3 Å². The first-order valence-corrected chi connectivity index (χ1v) is 5.26. The Balaban J connectivity index is 3.21. The van der Waals surface area contributed by atoms with E-state index in [9.17, 15) is 18.0 Å². The molecule has 0 aliphatic heterocycles. The van der Waals surface area contributed by atoms with Gasteiger partial charge < -0.3 is 14.6 Å². The summed E-state index contributed by atoms with van der Waals surface area (Å²) in [5.74, 6) is -1.69. The van der Waals surface area contributed by atoms with Gasteiger partial charge in [-0.15, -0.1) is 13.2 Å². The fourth-order valence-corrected chi connectivity index (χ4v) is 1.34. The molecule has 7 heteroatoms. The Labute approximate surface area is 107 Å². The van der Waals surface area contributed by atoms with E-state index in [1.165, 1.54) is 12.1 Å². The molecule has 0 bridgehead atoms. The van der Waals surface area contributed by atoms with Crippen LogP contribution < -0.4 is 9.47 Å². The summed E-state index contributed by atoms with van der Waals surface area (Å²) in [5.41, 5.74) is -0.0796. The molecule has 0 atom stereocenters. The van der Waals surface area contributed by atoms with Crippen LogP contribution in [0.1, 0.15) is 12.5 Å². The molecular weight excluding hydrogens is 265 g/mol. The largest absolute Gasteiger partial charge is 0.573 e. The first kappa shape index (κ1) is 14.9. The highest BCUT2D eigenvalue weighted by atomic mass is 19.4. The molecule has 0 saturated heterocycles. The second-order valence-corrected chi connectivity index (χ2v) is 3.32. The number of benzene rings is 1. The van der Waals surface area contributed by atoms with Crippen LogP contribution in [-0.4, -0.2) is 24.0 Å². The molecule has 0 heterocycles. The number of carboxylic acid groups (broad SMARTS) is 1. The number of hydrogen-bond acceptors (Lipinski definition) is 3. The van der Waals surface area contributed by atoms with Crippen LogP contribution >= 0.6 is 0 Å². The lowest BCUT2D eigenvalue weighted by Gasteiger charge is -2.14. The molecule has 0 unspecified atom stereocenters. The zero-order valence-corrected chi connectivity index (χ0v) is 9.90. The highest BCUT2D eigenvalue weighted by Crippen LogP contribution is 2.33. The van der Waals surface area contributed by atoms with E-state index in [1.54, 1.807) is 6.92 Å². The predicted octanol–water partition coefficient (Wildman–Crippen LogP) is 3.08. The van der Waals surface area contributed by atoms with Gasteiger partial charge in [0.25, 0.3) is 0 Å². The molecule has 1 aromatic rings. The number of alkyl halides is 3. The van der Waals surface area contributed by atoms with E-state index in [4.69, 9.17) is 9.84 Å². The molecule has 0 aliphatic rings. The minimum atomic E-state index is -4.86. The summed E-state index contributed by atoms with van der Waals surface area (Å²) < 4.78 is 45.7. The van der Waals surface area contributed by atoms with Gasteiger partial charge in [-0.2, -0.15) is 0 Å². The molecule has 1 aromatic carbocycles. The SMILES string of the molecule is CCOc1cccc(OC(F)(F)F)c1/C=C/C(=O)O. The van der Waals surface area contributed by atoms with Crippen LogP contribution in [0.15, 0.2) is 24.3 Å². The second kappa shape index (κ2) is 6.12. The first-order valence-electron chi connectivity index (χ1n) is 5.26. The van der Waals surface area contributed by atoms with E-state index in [0.29, 0.717) is 6.08 Å². The third kappa shape index (κ3) is 4.90. The molecule has 1 rings (SSSR count). The smallest absolute Gasteiger partial charge is 0.493 e. The maximum absolute atomic E-state index is 12.2. The number of hydrogen-bond donors (Lipinski definition) is 1. The quantitative estimate of drug-likeness (QED) is 0.840. The highest BCUT2D eigenvalue weighted by Gasteiger charge is 2.32. The molecule has 0 spiro atoms. The maximum atomic E-state index is 12.2. The summed E-state index contributed by atoms with van der Waals surface area (Å²) >= 11 is 0. The van der Waals surface area contributed by atoms with Gasteiger partial charge in [0.15, 0.2) is 0 Å². The third-order valence-corrected chi connectivity index (χ3v) is 1.94. The maximum Gasteiger partial charge on any atom is 0.573 e. The summed E-state index contributed by atoms with van der Waals surface area (Å²) in [6, 6.07) is 3.83. The summed E-state index contributed by atoms with van der Waals surface area (Å²) in [7, 11) is 0. The van der Waals surface area contributed by atoms with Gasteiger partial charge in [0, 0.05) is 6.08 Å². The second-order valence-electron chi connectivity index (χ2n) is 3.32. The van der Waals surface area contributed by atoms with Crippen LogP contribution in [0.25, 0.3) is 6.08 Å². The van der Waals surface area contributed by atoms with E-state index in [0.717, 1.165) is 12.1 Å². The van der Waals surface area contributed by atoms with Crippen LogP contribution in [0.2, 0.25) is 0 Å². The Morgan fingerprint density at radius 1 is 1.37 bits per heavy atom. The van der Waals surface area contributed by atoms with Gasteiger partial charge in [-0.05, 0) is 25.1 Å². The summed E-state index contributed by atoms with van der Waals surface area (Å²) in [6.07, 6.45) is -3.16. The Bertz CT molecular complexity index is 480. The van der Waals surface area contributed by atoms with Crippen LogP contribution in [0.3, 0.4) is 0 Å². The lowest BCUT2D eigenvalue weighted by molar-refractivity contribution is -0.274. The molecule has 19 heavy (non-hydrogen) atoms. The fraction of sp³-hybridized carbons (Fsp3) is 0.250. The lowest BCUT2D eigenvalue weighted by atomic mass is 10.1. The third-order valence-electron chi connectivity index (χ3n) is 1.94. The molecule has 0 aliphatic carbocycles. The van der Waals surface area contributed by atoms with Crippen molar-refractivity contribution < 1.29 is 32.5 Å². The van der Waals surface area contributed by atoms with Crippen molar-refractivity contribution in [1.82, 2.24) is 0 Å². The van der Waals surface area contributed by atoms with E-state index in [-0.39, 0.29) is 17.9 Å². The predicted molar refractivity (Wildman–Crippen MR) is 61.0 cm³/mol. The summed E-state index contributed by atoms with van der Waals surface area (Å²) in [4.78, 5) is 10.4. The normalized spacial score (nSPS) is 11.6. The molecule has 0 amide bonds. The molecule has 104 valence electrons. The van der Waals surface area contributed by atoms with Crippen molar-refractivity contribution in [1.29, 1.82) is 0 Å². The average molecular weight is 276 g/mol. The molecule has 1 N–H and O–H groups in total. The Morgan fingerprint density at radius 3 is 2.53 bits per heavy atom. The van der Waals surface area contributed by atoms with Gasteiger partial charge in [-0.3, -0.25) is 0 Å². The summed E-state index contributed by atoms with van der Waals surface area (Å²) in [6.45, 7) is 1.88. The number of carboxylic acids is 1. The van der Waals surface area contributed by atoms with Crippen molar-refractivity contribution in [3.8, 4) is 11.5 Å². The lowest BCUT2D eigenvalue weighted by Crippen LogP contribution is -2.18. The van der Waals surface area contributed by atoms with Crippen molar-refractivity contribution in [2.24, 2.45) is 0 Å². The molecule has 0 fully saturated rings. The number of aliphatic carboxylic acids is 1. The number of carbonyl (C=O) groups is 1. The van der Waals surface area contributed by atoms with E-state index in [2.05, 4.69) is 4.74 Å². The van der Waals surface area contributed by atoms with Gasteiger partial charge in [0.05, 0.1) is 12.2 Å². The monoisotopic (exact) mass is 276 g/mol. The minimum absolute atomic E-state index is 0.0796. The number of ether oxygens (including phenoxy) is 2. The van der Waals surface area contributed by atoms with Crippen molar-refractivity contribution in [3.63, 3.8) is 0 Å². The Morgan fingerprint density at radius 2 is 2.00 bits per heavy atom. The number of rotatable bonds is 5. The van der Waals surface area contributed by atoms with Crippen LogP contribution in [-0.2, 0) is 4.79 Å². The van der Waals surface area contributed by atoms with E-state index >= 15 is 0 Å². The topological polar surface area (TPSA) is 55.8 Å². The van der Waals surface area contributed by atoms with Crippen molar-refractivity contribution >= 4 is 12.0 Å². The Kier molecular flexibility index (Phi) is 4.80. The van der Waals surface area contributed by atoms with Crippen LogP contribution in [0.4, 0.5) is 13.2 Å². The number of halogens is 3. The Hall–Kier alpha value is -2.18. The van der Waals surface area contributed by atoms with E-state index < -0.39 is 18.1 Å². The average Bonchev–Trinajstić information content (AvgIpc) is 2.26. The van der Waals surface area contributed by atoms with Gasteiger partial charge >= 0.3 is 12.3 Å². The molecule has 0 radical (unpaired) electrons. The molecular formula is C12H11F3O4. The van der Waals surface area contributed by atoms with Crippen LogP contribution in [0, 0.1) is 0 Å². The van der Waals surface area contributed by atoms with Gasteiger partial charge in [-0.25, -0.2) is 4.79 Å². The molecule has 0 aromatic heterocycles. The zero-order chi connectivity index (χ0) is 14.5.